The smallest absolute Gasteiger partial charge is 0.0547 e. The Morgan fingerprint density at radius 2 is 1.16 bits per heavy atom. The number of benzene rings is 6. The largest absolute Gasteiger partial charge is 0.313 e. The van der Waals surface area contributed by atoms with Crippen molar-refractivity contribution < 1.29 is 0 Å². The van der Waals surface area contributed by atoms with Crippen molar-refractivity contribution in [3.05, 3.63) is 187 Å². The minimum Gasteiger partial charge on any atom is -0.313 e. The van der Waals surface area contributed by atoms with Crippen LogP contribution in [-0.4, -0.2) is 4.57 Å². The molecular formula is C42H30N2. The molecule has 1 aromatic heterocycles. The molecule has 0 spiro atoms. The van der Waals surface area contributed by atoms with Gasteiger partial charge in [0.15, 0.2) is 0 Å². The molecular weight excluding hydrogens is 532 g/mol. The number of nitrogens with zero attached hydrogens (tertiary/aromatic N) is 2. The van der Waals surface area contributed by atoms with Crippen LogP contribution in [0, 0.1) is 0 Å². The van der Waals surface area contributed by atoms with Crippen molar-refractivity contribution in [2.75, 3.05) is 4.90 Å². The highest BCUT2D eigenvalue weighted by molar-refractivity contribution is 6.10. The van der Waals surface area contributed by atoms with E-state index in [9.17, 15) is 0 Å². The zero-order valence-corrected chi connectivity index (χ0v) is 24.2. The number of hydrogen-bond donors (Lipinski definition) is 0. The second-order valence-electron chi connectivity index (χ2n) is 11.8. The van der Waals surface area contributed by atoms with Crippen molar-refractivity contribution in [2.24, 2.45) is 0 Å². The van der Waals surface area contributed by atoms with Crippen molar-refractivity contribution in [3.8, 4) is 16.8 Å². The first-order valence-corrected chi connectivity index (χ1v) is 15.4. The van der Waals surface area contributed by atoms with E-state index in [1.54, 1.807) is 0 Å². The Labute approximate surface area is 257 Å². The van der Waals surface area contributed by atoms with Crippen LogP contribution in [0.15, 0.2) is 176 Å². The van der Waals surface area contributed by atoms with E-state index in [2.05, 4.69) is 179 Å². The number of para-hydroxylation sites is 4. The van der Waals surface area contributed by atoms with Crippen LogP contribution in [0.1, 0.15) is 23.0 Å². The van der Waals surface area contributed by atoms with Gasteiger partial charge in [0.2, 0.25) is 0 Å². The lowest BCUT2D eigenvalue weighted by Crippen LogP contribution is -2.18. The Morgan fingerprint density at radius 3 is 1.98 bits per heavy atom. The Hall–Kier alpha value is -5.60. The summed E-state index contributed by atoms with van der Waals surface area (Å²) >= 11 is 0. The van der Waals surface area contributed by atoms with Gasteiger partial charge in [-0.15, -0.1) is 0 Å². The fourth-order valence-corrected chi connectivity index (χ4v) is 7.40. The highest BCUT2D eigenvalue weighted by Gasteiger charge is 2.39. The van der Waals surface area contributed by atoms with Gasteiger partial charge < -0.3 is 9.47 Å². The van der Waals surface area contributed by atoms with E-state index in [4.69, 9.17) is 0 Å². The van der Waals surface area contributed by atoms with E-state index in [-0.39, 0.29) is 11.8 Å². The third kappa shape index (κ3) is 3.81. The molecule has 0 radical (unpaired) electrons. The molecule has 0 amide bonds. The third-order valence-electron chi connectivity index (χ3n) is 9.37. The van der Waals surface area contributed by atoms with E-state index in [1.165, 1.54) is 66.8 Å². The van der Waals surface area contributed by atoms with E-state index in [0.717, 1.165) is 0 Å². The molecule has 0 saturated carbocycles. The molecule has 2 unspecified atom stereocenters. The van der Waals surface area contributed by atoms with Crippen LogP contribution in [0.3, 0.4) is 0 Å². The quantitative estimate of drug-likeness (QED) is 0.207. The maximum Gasteiger partial charge on any atom is 0.0547 e. The molecule has 208 valence electrons. The average Bonchev–Trinajstić information content (AvgIpc) is 3.62. The van der Waals surface area contributed by atoms with Gasteiger partial charge in [-0.25, -0.2) is 0 Å². The summed E-state index contributed by atoms with van der Waals surface area (Å²) in [6.07, 6.45) is 6.91. The molecule has 2 atom stereocenters. The molecule has 2 nitrogen and oxygen atoms in total. The molecule has 0 bridgehead atoms. The van der Waals surface area contributed by atoms with Gasteiger partial charge in [0, 0.05) is 45.4 Å². The summed E-state index contributed by atoms with van der Waals surface area (Å²) < 4.78 is 2.39. The summed E-state index contributed by atoms with van der Waals surface area (Å²) in [7, 11) is 0. The first kappa shape index (κ1) is 24.9. The summed E-state index contributed by atoms with van der Waals surface area (Å²) in [6, 6.07) is 55.2. The second kappa shape index (κ2) is 10.00. The standard InChI is InChI=1S/C42H30N2/c1-3-12-32(13-4-1)43-39-20-10-8-17-37(39)42-34(18-11-21-40(42)43)30-24-22-29(23-25-30)31-26-27-36-35-16-7-9-19-38(35)44(41(36)28-31)33-14-5-2-6-15-33/h1-28,34,42H. The normalized spacial score (nSPS) is 17.1. The molecule has 0 N–H and O–H groups in total. The number of rotatable bonds is 4. The fourth-order valence-electron chi connectivity index (χ4n) is 7.40. The number of allylic oxidation sites excluding steroid dienone is 4. The molecule has 9 rings (SSSR count). The summed E-state index contributed by atoms with van der Waals surface area (Å²) in [6.45, 7) is 0. The fraction of sp³-hybridized carbons (Fsp3) is 0.0476. The summed E-state index contributed by atoms with van der Waals surface area (Å²) in [5.41, 5.74) is 12.7. The highest BCUT2D eigenvalue weighted by atomic mass is 15.2. The SMILES string of the molecule is C1=CC(c2ccc(-c3ccc4c5ccccc5n(-c5ccccc5)c4c3)cc2)C2C(=C1)N(c1ccccc1)c1ccccc12. The zero-order valence-electron chi connectivity index (χ0n) is 24.2. The van der Waals surface area contributed by atoms with Gasteiger partial charge >= 0.3 is 0 Å². The van der Waals surface area contributed by atoms with Gasteiger partial charge in [0.05, 0.1) is 11.0 Å². The monoisotopic (exact) mass is 562 g/mol. The van der Waals surface area contributed by atoms with Crippen LogP contribution in [0.25, 0.3) is 38.6 Å². The maximum absolute atomic E-state index is 2.44. The van der Waals surface area contributed by atoms with Crippen LogP contribution in [0.5, 0.6) is 0 Å². The van der Waals surface area contributed by atoms with Gasteiger partial charge in [-0.1, -0.05) is 121 Å². The predicted molar refractivity (Wildman–Crippen MR) is 184 cm³/mol. The maximum atomic E-state index is 2.44. The van der Waals surface area contributed by atoms with Gasteiger partial charge in [-0.3, -0.25) is 0 Å². The molecule has 7 aromatic rings. The summed E-state index contributed by atoms with van der Waals surface area (Å²) in [5, 5.41) is 2.56. The Balaban J connectivity index is 1.10. The Kier molecular flexibility index (Phi) is 5.67. The Bertz CT molecular complexity index is 2220. The lowest BCUT2D eigenvalue weighted by atomic mass is 9.78. The van der Waals surface area contributed by atoms with E-state index in [1.807, 2.05) is 0 Å². The molecule has 6 aromatic carbocycles. The van der Waals surface area contributed by atoms with Crippen molar-refractivity contribution in [2.45, 2.75) is 11.8 Å². The minimum absolute atomic E-state index is 0.266. The van der Waals surface area contributed by atoms with Crippen LogP contribution < -0.4 is 4.90 Å². The number of aromatic nitrogens is 1. The van der Waals surface area contributed by atoms with Crippen molar-refractivity contribution in [1.29, 1.82) is 0 Å². The predicted octanol–water partition coefficient (Wildman–Crippen LogP) is 10.9. The lowest BCUT2D eigenvalue weighted by Gasteiger charge is -2.29. The number of fused-ring (bicyclic) bond motifs is 6. The first-order valence-electron chi connectivity index (χ1n) is 15.4. The Morgan fingerprint density at radius 1 is 0.500 bits per heavy atom. The number of hydrogen-bond acceptors (Lipinski definition) is 1. The topological polar surface area (TPSA) is 8.17 Å². The molecule has 0 saturated heterocycles. The zero-order chi connectivity index (χ0) is 29.0. The summed E-state index contributed by atoms with van der Waals surface area (Å²) in [5.74, 6) is 0.544. The van der Waals surface area contributed by atoms with Crippen LogP contribution in [0.4, 0.5) is 11.4 Å². The molecule has 2 heteroatoms. The van der Waals surface area contributed by atoms with Crippen LogP contribution >= 0.6 is 0 Å². The molecule has 2 heterocycles. The van der Waals surface area contributed by atoms with Gasteiger partial charge in [0.1, 0.15) is 0 Å². The highest BCUT2D eigenvalue weighted by Crippen LogP contribution is 2.54. The average molecular weight is 563 g/mol. The van der Waals surface area contributed by atoms with Gasteiger partial charge in [0.25, 0.3) is 0 Å². The molecule has 1 aliphatic carbocycles. The molecule has 0 fully saturated rings. The van der Waals surface area contributed by atoms with E-state index < -0.39 is 0 Å². The second-order valence-corrected chi connectivity index (χ2v) is 11.8. The third-order valence-corrected chi connectivity index (χ3v) is 9.37. The van der Waals surface area contributed by atoms with Gasteiger partial charge in [-0.2, -0.15) is 0 Å². The first-order chi connectivity index (χ1) is 21.8. The molecule has 44 heavy (non-hydrogen) atoms. The number of anilines is 2. The molecule has 2 aliphatic rings. The summed E-state index contributed by atoms with van der Waals surface area (Å²) in [4.78, 5) is 2.44. The van der Waals surface area contributed by atoms with Crippen molar-refractivity contribution in [3.63, 3.8) is 0 Å². The van der Waals surface area contributed by atoms with Gasteiger partial charge in [-0.05, 0) is 70.8 Å². The molecule has 1 aliphatic heterocycles. The lowest BCUT2D eigenvalue weighted by molar-refractivity contribution is 0.708. The van der Waals surface area contributed by atoms with E-state index >= 15 is 0 Å². The van der Waals surface area contributed by atoms with Crippen LogP contribution in [0.2, 0.25) is 0 Å². The van der Waals surface area contributed by atoms with Crippen LogP contribution in [-0.2, 0) is 0 Å². The van der Waals surface area contributed by atoms with Crippen molar-refractivity contribution in [1.82, 2.24) is 4.57 Å². The van der Waals surface area contributed by atoms with Crippen molar-refractivity contribution >= 4 is 33.2 Å². The minimum atomic E-state index is 0.266. The van der Waals surface area contributed by atoms with E-state index in [0.29, 0.717) is 0 Å².